The average Bonchev–Trinajstić information content (AvgIpc) is 2.60. The molecule has 2 aromatic rings. The lowest BCUT2D eigenvalue weighted by Crippen LogP contribution is -2.29. The zero-order chi connectivity index (χ0) is 17.4. The molecule has 1 N–H and O–H groups in total. The van der Waals surface area contributed by atoms with Crippen LogP contribution in [0.4, 0.5) is 0 Å². The van der Waals surface area contributed by atoms with E-state index in [0.29, 0.717) is 24.3 Å². The lowest BCUT2D eigenvalue weighted by molar-refractivity contribution is -0.121. The van der Waals surface area contributed by atoms with Crippen molar-refractivity contribution in [2.24, 2.45) is 5.92 Å². The Morgan fingerprint density at radius 2 is 1.75 bits per heavy atom. The van der Waals surface area contributed by atoms with Gasteiger partial charge in [-0.1, -0.05) is 56.3 Å². The number of amides is 1. The highest BCUT2D eigenvalue weighted by Gasteiger charge is 2.15. The van der Waals surface area contributed by atoms with E-state index in [4.69, 9.17) is 5.26 Å². The fourth-order valence-electron chi connectivity index (χ4n) is 2.71. The zero-order valence-corrected chi connectivity index (χ0v) is 14.3. The molecule has 1 amide bonds. The van der Waals surface area contributed by atoms with Gasteiger partial charge in [0.25, 0.3) is 0 Å². The number of aryl methyl sites for hydroxylation is 1. The second-order valence-electron chi connectivity index (χ2n) is 6.47. The van der Waals surface area contributed by atoms with E-state index < -0.39 is 0 Å². The first-order valence-corrected chi connectivity index (χ1v) is 8.42. The Bertz CT molecular complexity index is 684. The number of nitrogens with zero attached hydrogens (tertiary/aromatic N) is 1. The molecular formula is C21H24N2O. The predicted octanol–water partition coefficient (Wildman–Crippen LogP) is 4.39. The number of benzene rings is 2. The Labute approximate surface area is 144 Å². The first-order chi connectivity index (χ1) is 11.6. The summed E-state index contributed by atoms with van der Waals surface area (Å²) in [6.45, 7) is 4.33. The van der Waals surface area contributed by atoms with Gasteiger partial charge in [-0.05, 0) is 42.0 Å². The third kappa shape index (κ3) is 5.55. The Hall–Kier alpha value is -2.60. The number of hydrogen-bond acceptors (Lipinski definition) is 2. The molecule has 0 aliphatic heterocycles. The summed E-state index contributed by atoms with van der Waals surface area (Å²) in [7, 11) is 0. The molecule has 0 aliphatic carbocycles. The molecule has 0 radical (unpaired) electrons. The summed E-state index contributed by atoms with van der Waals surface area (Å²) < 4.78 is 0. The van der Waals surface area contributed by atoms with Gasteiger partial charge >= 0.3 is 0 Å². The van der Waals surface area contributed by atoms with Crippen LogP contribution >= 0.6 is 0 Å². The monoisotopic (exact) mass is 320 g/mol. The molecule has 2 aromatic carbocycles. The van der Waals surface area contributed by atoms with Gasteiger partial charge in [-0.2, -0.15) is 5.26 Å². The summed E-state index contributed by atoms with van der Waals surface area (Å²) in [6, 6.07) is 19.7. The van der Waals surface area contributed by atoms with Crippen LogP contribution in [-0.2, 0) is 11.2 Å². The molecule has 1 unspecified atom stereocenters. The molecule has 0 spiro atoms. The molecule has 0 heterocycles. The lowest BCUT2D eigenvalue weighted by Gasteiger charge is -2.21. The van der Waals surface area contributed by atoms with Crippen molar-refractivity contribution in [3.63, 3.8) is 0 Å². The fraction of sp³-hybridized carbons (Fsp3) is 0.333. The maximum atomic E-state index is 12.3. The SMILES string of the molecule is CC(C)CC(NC(=O)CCc1ccc(C#N)cc1)c1ccccc1. The van der Waals surface area contributed by atoms with Gasteiger partial charge in [0.15, 0.2) is 0 Å². The van der Waals surface area contributed by atoms with Gasteiger partial charge in [0.2, 0.25) is 5.91 Å². The smallest absolute Gasteiger partial charge is 0.220 e. The molecule has 0 saturated carbocycles. The van der Waals surface area contributed by atoms with Crippen LogP contribution in [0.2, 0.25) is 0 Å². The van der Waals surface area contributed by atoms with E-state index in [0.717, 1.165) is 17.5 Å². The van der Waals surface area contributed by atoms with E-state index in [-0.39, 0.29) is 11.9 Å². The molecule has 0 aromatic heterocycles. The quantitative estimate of drug-likeness (QED) is 0.822. The average molecular weight is 320 g/mol. The molecular weight excluding hydrogens is 296 g/mol. The van der Waals surface area contributed by atoms with Gasteiger partial charge in [0.05, 0.1) is 17.7 Å². The van der Waals surface area contributed by atoms with Crippen molar-refractivity contribution in [2.45, 2.75) is 39.2 Å². The molecule has 0 saturated heterocycles. The molecule has 3 heteroatoms. The topological polar surface area (TPSA) is 52.9 Å². The maximum Gasteiger partial charge on any atom is 0.220 e. The van der Waals surface area contributed by atoms with Crippen LogP contribution < -0.4 is 5.32 Å². The van der Waals surface area contributed by atoms with Gasteiger partial charge in [0, 0.05) is 6.42 Å². The van der Waals surface area contributed by atoms with Crippen molar-refractivity contribution in [3.8, 4) is 6.07 Å². The third-order valence-electron chi connectivity index (χ3n) is 3.97. The summed E-state index contributed by atoms with van der Waals surface area (Å²) in [5.41, 5.74) is 2.87. The summed E-state index contributed by atoms with van der Waals surface area (Å²) >= 11 is 0. The Morgan fingerprint density at radius 3 is 2.33 bits per heavy atom. The molecule has 1 atom stereocenters. The van der Waals surface area contributed by atoms with Gasteiger partial charge < -0.3 is 5.32 Å². The molecule has 24 heavy (non-hydrogen) atoms. The van der Waals surface area contributed by atoms with Crippen LogP contribution in [0.25, 0.3) is 0 Å². The van der Waals surface area contributed by atoms with E-state index >= 15 is 0 Å². The highest BCUT2D eigenvalue weighted by Crippen LogP contribution is 2.21. The van der Waals surface area contributed by atoms with Crippen LogP contribution in [0.1, 0.15) is 49.4 Å². The summed E-state index contributed by atoms with van der Waals surface area (Å²) in [5.74, 6) is 0.572. The van der Waals surface area contributed by atoms with Crippen molar-refractivity contribution in [1.82, 2.24) is 5.32 Å². The number of nitrogens with one attached hydrogen (secondary N) is 1. The summed E-state index contributed by atoms with van der Waals surface area (Å²) in [5, 5.41) is 12.0. The summed E-state index contributed by atoms with van der Waals surface area (Å²) in [6.07, 6.45) is 2.06. The van der Waals surface area contributed by atoms with Crippen molar-refractivity contribution in [3.05, 3.63) is 71.3 Å². The second kappa shape index (κ2) is 8.88. The Balaban J connectivity index is 1.93. The largest absolute Gasteiger partial charge is 0.349 e. The number of carbonyl (C=O) groups excluding carboxylic acids is 1. The lowest BCUT2D eigenvalue weighted by atomic mass is 9.96. The molecule has 0 fully saturated rings. The minimum Gasteiger partial charge on any atom is -0.349 e. The molecule has 0 bridgehead atoms. The van der Waals surface area contributed by atoms with Gasteiger partial charge in [0.1, 0.15) is 0 Å². The number of hydrogen-bond donors (Lipinski definition) is 1. The van der Waals surface area contributed by atoms with E-state index in [1.807, 2.05) is 30.3 Å². The predicted molar refractivity (Wildman–Crippen MR) is 96.3 cm³/mol. The minimum atomic E-state index is 0.0552. The van der Waals surface area contributed by atoms with E-state index in [1.54, 1.807) is 12.1 Å². The molecule has 3 nitrogen and oxygen atoms in total. The third-order valence-corrected chi connectivity index (χ3v) is 3.97. The van der Waals surface area contributed by atoms with E-state index in [1.165, 1.54) is 0 Å². The van der Waals surface area contributed by atoms with Crippen LogP contribution in [0.3, 0.4) is 0 Å². The minimum absolute atomic E-state index is 0.0552. The maximum absolute atomic E-state index is 12.3. The Kier molecular flexibility index (Phi) is 6.57. The number of carbonyl (C=O) groups is 1. The normalized spacial score (nSPS) is 11.8. The standard InChI is InChI=1S/C21H24N2O/c1-16(2)14-20(19-6-4-3-5-7-19)23-21(24)13-12-17-8-10-18(15-22)11-9-17/h3-11,16,20H,12-14H2,1-2H3,(H,23,24). The van der Waals surface area contributed by atoms with E-state index in [9.17, 15) is 4.79 Å². The highest BCUT2D eigenvalue weighted by atomic mass is 16.1. The van der Waals surface area contributed by atoms with Crippen LogP contribution in [-0.4, -0.2) is 5.91 Å². The Morgan fingerprint density at radius 1 is 1.08 bits per heavy atom. The molecule has 124 valence electrons. The first-order valence-electron chi connectivity index (χ1n) is 8.42. The van der Waals surface area contributed by atoms with Crippen LogP contribution in [0, 0.1) is 17.2 Å². The number of nitriles is 1. The van der Waals surface area contributed by atoms with Gasteiger partial charge in [-0.25, -0.2) is 0 Å². The van der Waals surface area contributed by atoms with Gasteiger partial charge in [-0.15, -0.1) is 0 Å². The fourth-order valence-corrected chi connectivity index (χ4v) is 2.71. The molecule has 0 aliphatic rings. The van der Waals surface area contributed by atoms with Crippen LogP contribution in [0.5, 0.6) is 0 Å². The van der Waals surface area contributed by atoms with Crippen molar-refractivity contribution in [1.29, 1.82) is 5.26 Å². The molecule has 2 rings (SSSR count). The highest BCUT2D eigenvalue weighted by molar-refractivity contribution is 5.76. The number of rotatable bonds is 7. The first kappa shape index (κ1) is 17.7. The zero-order valence-electron chi connectivity index (χ0n) is 14.3. The summed E-state index contributed by atoms with van der Waals surface area (Å²) in [4.78, 5) is 12.3. The second-order valence-corrected chi connectivity index (χ2v) is 6.47. The van der Waals surface area contributed by atoms with Gasteiger partial charge in [-0.3, -0.25) is 4.79 Å². The van der Waals surface area contributed by atoms with Crippen molar-refractivity contribution >= 4 is 5.91 Å². The van der Waals surface area contributed by atoms with E-state index in [2.05, 4.69) is 37.4 Å². The van der Waals surface area contributed by atoms with Crippen LogP contribution in [0.15, 0.2) is 54.6 Å². The van der Waals surface area contributed by atoms with Crippen molar-refractivity contribution < 1.29 is 4.79 Å². The van der Waals surface area contributed by atoms with Crippen molar-refractivity contribution in [2.75, 3.05) is 0 Å².